The minimum absolute atomic E-state index is 0.710. The fraction of sp³-hybridized carbons (Fsp3) is 0.308. The van der Waals surface area contributed by atoms with E-state index < -0.39 is 0 Å². The molecule has 0 atom stereocenters. The van der Waals surface area contributed by atoms with Gasteiger partial charge in [0.1, 0.15) is 0 Å². The van der Waals surface area contributed by atoms with Gasteiger partial charge in [-0.3, -0.25) is 0 Å². The molecule has 3 nitrogen and oxygen atoms in total. The van der Waals surface area contributed by atoms with Crippen LogP contribution in [-0.4, -0.2) is 18.3 Å². The molecular formula is C13H14N2O. The Hall–Kier alpha value is -1.79. The Bertz CT molecular complexity index is 522. The Morgan fingerprint density at radius 3 is 3.00 bits per heavy atom. The van der Waals surface area contributed by atoms with E-state index in [0.717, 1.165) is 25.0 Å². The maximum atomic E-state index is 8.80. The first-order chi connectivity index (χ1) is 7.85. The number of nitriles is 1. The van der Waals surface area contributed by atoms with Gasteiger partial charge in [-0.1, -0.05) is 0 Å². The molecule has 2 aromatic rings. The average molecular weight is 214 g/mol. The molecule has 0 saturated heterocycles. The summed E-state index contributed by atoms with van der Waals surface area (Å²) in [4.78, 5) is 0. The van der Waals surface area contributed by atoms with Crippen LogP contribution in [0.5, 0.6) is 0 Å². The van der Waals surface area contributed by atoms with E-state index in [2.05, 4.69) is 16.8 Å². The van der Waals surface area contributed by atoms with Crippen molar-refractivity contribution in [3.63, 3.8) is 0 Å². The summed E-state index contributed by atoms with van der Waals surface area (Å²) < 4.78 is 7.22. The van der Waals surface area contributed by atoms with Crippen LogP contribution in [0.15, 0.2) is 30.5 Å². The second-order valence-electron chi connectivity index (χ2n) is 3.74. The molecule has 2 rings (SSSR count). The molecular weight excluding hydrogens is 200 g/mol. The van der Waals surface area contributed by atoms with Gasteiger partial charge < -0.3 is 9.30 Å². The average Bonchev–Trinajstić information content (AvgIpc) is 2.72. The SMILES string of the molecule is COCCCn1ccc2cc(C#N)ccc21. The monoisotopic (exact) mass is 214 g/mol. The number of aryl methyl sites for hydroxylation is 1. The van der Waals surface area contributed by atoms with Crippen LogP contribution >= 0.6 is 0 Å². The molecule has 0 spiro atoms. The standard InChI is InChI=1S/C13H14N2O/c1-16-8-2-6-15-7-5-12-9-11(10-14)3-4-13(12)15/h3-5,7,9H,2,6,8H2,1H3. The lowest BCUT2D eigenvalue weighted by molar-refractivity contribution is 0.190. The van der Waals surface area contributed by atoms with Crippen molar-refractivity contribution in [2.45, 2.75) is 13.0 Å². The van der Waals surface area contributed by atoms with E-state index in [0.29, 0.717) is 5.56 Å². The number of hydrogen-bond acceptors (Lipinski definition) is 2. The van der Waals surface area contributed by atoms with Gasteiger partial charge >= 0.3 is 0 Å². The highest BCUT2D eigenvalue weighted by Crippen LogP contribution is 2.17. The molecule has 0 N–H and O–H groups in total. The molecule has 0 amide bonds. The summed E-state index contributed by atoms with van der Waals surface area (Å²) in [5.74, 6) is 0. The first-order valence-corrected chi connectivity index (χ1v) is 5.33. The Labute approximate surface area is 94.9 Å². The lowest BCUT2D eigenvalue weighted by Crippen LogP contribution is -1.99. The van der Waals surface area contributed by atoms with Crippen molar-refractivity contribution >= 4 is 10.9 Å². The number of hydrogen-bond donors (Lipinski definition) is 0. The molecule has 0 saturated carbocycles. The molecule has 82 valence electrons. The van der Waals surface area contributed by atoms with Crippen LogP contribution in [0.4, 0.5) is 0 Å². The van der Waals surface area contributed by atoms with Crippen molar-refractivity contribution in [2.24, 2.45) is 0 Å². The predicted octanol–water partition coefficient (Wildman–Crippen LogP) is 2.55. The summed E-state index contributed by atoms with van der Waals surface area (Å²) in [7, 11) is 1.72. The zero-order valence-corrected chi connectivity index (χ0v) is 9.31. The summed E-state index contributed by atoms with van der Waals surface area (Å²) in [5.41, 5.74) is 1.89. The van der Waals surface area contributed by atoms with E-state index in [1.807, 2.05) is 24.3 Å². The van der Waals surface area contributed by atoms with Crippen molar-refractivity contribution < 1.29 is 4.74 Å². The summed E-state index contributed by atoms with van der Waals surface area (Å²) in [6.45, 7) is 1.72. The van der Waals surface area contributed by atoms with Crippen molar-refractivity contribution in [3.05, 3.63) is 36.0 Å². The molecule has 0 aliphatic heterocycles. The fourth-order valence-electron chi connectivity index (χ4n) is 1.84. The molecule has 16 heavy (non-hydrogen) atoms. The smallest absolute Gasteiger partial charge is 0.0991 e. The topological polar surface area (TPSA) is 38.0 Å². The molecule has 0 radical (unpaired) electrons. The molecule has 0 unspecified atom stereocenters. The van der Waals surface area contributed by atoms with Crippen molar-refractivity contribution in [1.82, 2.24) is 4.57 Å². The second-order valence-corrected chi connectivity index (χ2v) is 3.74. The quantitative estimate of drug-likeness (QED) is 0.733. The number of rotatable bonds is 4. The van der Waals surface area contributed by atoms with Gasteiger partial charge in [0, 0.05) is 37.4 Å². The zero-order valence-electron chi connectivity index (χ0n) is 9.31. The van der Waals surface area contributed by atoms with E-state index >= 15 is 0 Å². The minimum atomic E-state index is 0.710. The van der Waals surface area contributed by atoms with Crippen LogP contribution in [-0.2, 0) is 11.3 Å². The molecule has 1 heterocycles. The summed E-state index contributed by atoms with van der Waals surface area (Å²) in [6.07, 6.45) is 3.06. The van der Waals surface area contributed by atoms with E-state index in [4.69, 9.17) is 10.00 Å². The van der Waals surface area contributed by atoms with Crippen molar-refractivity contribution in [2.75, 3.05) is 13.7 Å². The minimum Gasteiger partial charge on any atom is -0.385 e. The lowest BCUT2D eigenvalue weighted by Gasteiger charge is -2.04. The molecule has 0 fully saturated rings. The van der Waals surface area contributed by atoms with Crippen molar-refractivity contribution in [1.29, 1.82) is 5.26 Å². The Morgan fingerprint density at radius 1 is 1.38 bits per heavy atom. The maximum Gasteiger partial charge on any atom is 0.0991 e. The number of methoxy groups -OCH3 is 1. The van der Waals surface area contributed by atoms with Gasteiger partial charge in [0.15, 0.2) is 0 Å². The maximum absolute atomic E-state index is 8.80. The third-order valence-electron chi connectivity index (χ3n) is 2.65. The van der Waals surface area contributed by atoms with Gasteiger partial charge in [0.2, 0.25) is 0 Å². The Morgan fingerprint density at radius 2 is 2.25 bits per heavy atom. The highest BCUT2D eigenvalue weighted by atomic mass is 16.5. The molecule has 0 bridgehead atoms. The van der Waals surface area contributed by atoms with Crippen LogP contribution < -0.4 is 0 Å². The Balaban J connectivity index is 2.25. The van der Waals surface area contributed by atoms with E-state index in [1.54, 1.807) is 7.11 Å². The van der Waals surface area contributed by atoms with E-state index in [9.17, 15) is 0 Å². The molecule has 1 aromatic heterocycles. The van der Waals surface area contributed by atoms with Gasteiger partial charge in [-0.2, -0.15) is 5.26 Å². The zero-order chi connectivity index (χ0) is 11.4. The number of ether oxygens (including phenoxy) is 1. The van der Waals surface area contributed by atoms with Crippen LogP contribution in [0.2, 0.25) is 0 Å². The molecule has 3 heteroatoms. The van der Waals surface area contributed by atoms with E-state index in [-0.39, 0.29) is 0 Å². The van der Waals surface area contributed by atoms with Gasteiger partial charge in [-0.25, -0.2) is 0 Å². The third kappa shape index (κ3) is 2.07. The second kappa shape index (κ2) is 4.82. The number of fused-ring (bicyclic) bond motifs is 1. The van der Waals surface area contributed by atoms with Crippen LogP contribution in [0.25, 0.3) is 10.9 Å². The van der Waals surface area contributed by atoms with Crippen LogP contribution in [0.3, 0.4) is 0 Å². The first kappa shape index (κ1) is 10.7. The highest BCUT2D eigenvalue weighted by molar-refractivity contribution is 5.81. The Kier molecular flexibility index (Phi) is 3.23. The highest BCUT2D eigenvalue weighted by Gasteiger charge is 2.01. The van der Waals surface area contributed by atoms with Crippen molar-refractivity contribution in [3.8, 4) is 6.07 Å². The molecule has 0 aliphatic carbocycles. The largest absolute Gasteiger partial charge is 0.385 e. The van der Waals surface area contributed by atoms with Gasteiger partial charge in [-0.05, 0) is 30.7 Å². The first-order valence-electron chi connectivity index (χ1n) is 5.33. The van der Waals surface area contributed by atoms with Crippen LogP contribution in [0, 0.1) is 11.3 Å². The fourth-order valence-corrected chi connectivity index (χ4v) is 1.84. The van der Waals surface area contributed by atoms with Gasteiger partial charge in [-0.15, -0.1) is 0 Å². The number of nitrogens with zero attached hydrogens (tertiary/aromatic N) is 2. The van der Waals surface area contributed by atoms with E-state index in [1.165, 1.54) is 5.52 Å². The lowest BCUT2D eigenvalue weighted by atomic mass is 10.2. The summed E-state index contributed by atoms with van der Waals surface area (Å²) in [5, 5.41) is 9.93. The van der Waals surface area contributed by atoms with Gasteiger partial charge in [0.05, 0.1) is 11.6 Å². The summed E-state index contributed by atoms with van der Waals surface area (Å²) in [6, 6.07) is 9.97. The third-order valence-corrected chi connectivity index (χ3v) is 2.65. The van der Waals surface area contributed by atoms with Crippen LogP contribution in [0.1, 0.15) is 12.0 Å². The normalized spacial score (nSPS) is 10.5. The molecule has 1 aromatic carbocycles. The number of benzene rings is 1. The number of aromatic nitrogens is 1. The van der Waals surface area contributed by atoms with Gasteiger partial charge in [0.25, 0.3) is 0 Å². The predicted molar refractivity (Wildman–Crippen MR) is 63.1 cm³/mol. The molecule has 0 aliphatic rings. The summed E-state index contributed by atoms with van der Waals surface area (Å²) >= 11 is 0.